The van der Waals surface area contributed by atoms with E-state index in [4.69, 9.17) is 13.9 Å². The molecule has 5 rings (SSSR count). The number of furan rings is 1. The zero-order valence-electron chi connectivity index (χ0n) is 23.0. The fourth-order valence-corrected chi connectivity index (χ4v) is 5.56. The molecule has 1 aliphatic carbocycles. The van der Waals surface area contributed by atoms with Crippen molar-refractivity contribution in [2.24, 2.45) is 0 Å². The Morgan fingerprint density at radius 3 is 2.50 bits per heavy atom. The van der Waals surface area contributed by atoms with E-state index in [0.717, 1.165) is 24.0 Å². The highest BCUT2D eigenvalue weighted by Crippen LogP contribution is 2.45. The summed E-state index contributed by atoms with van der Waals surface area (Å²) in [5.74, 6) is -0.258. The molecule has 220 valence electrons. The van der Waals surface area contributed by atoms with Crippen LogP contribution in [0.2, 0.25) is 0 Å². The molecule has 0 bridgehead atoms. The highest BCUT2D eigenvalue weighted by molar-refractivity contribution is 7.80. The van der Waals surface area contributed by atoms with Gasteiger partial charge >= 0.3 is 7.12 Å². The largest absolute Gasteiger partial charge is 0.488 e. The van der Waals surface area contributed by atoms with Gasteiger partial charge in [-0.3, -0.25) is 13.7 Å². The molecule has 1 aliphatic rings. The van der Waals surface area contributed by atoms with E-state index in [2.05, 4.69) is 5.32 Å². The van der Waals surface area contributed by atoms with Crippen molar-refractivity contribution in [2.75, 3.05) is 25.3 Å². The van der Waals surface area contributed by atoms with Crippen molar-refractivity contribution in [2.45, 2.75) is 31.9 Å². The number of halogens is 1. The van der Waals surface area contributed by atoms with Gasteiger partial charge in [0.25, 0.3) is 17.2 Å². The van der Waals surface area contributed by atoms with Gasteiger partial charge in [0.15, 0.2) is 0 Å². The number of rotatable bonds is 12. The molecule has 1 amide bonds. The van der Waals surface area contributed by atoms with Gasteiger partial charge < -0.3 is 29.3 Å². The first-order chi connectivity index (χ1) is 20.2. The van der Waals surface area contributed by atoms with Crippen LogP contribution in [0.3, 0.4) is 0 Å². The van der Waals surface area contributed by atoms with Gasteiger partial charge in [-0.25, -0.2) is 8.60 Å². The van der Waals surface area contributed by atoms with E-state index < -0.39 is 24.2 Å². The standard InChI is InChI=1S/C29H30BFN2O8S/c1-32-29(34)27-24-13-23(17-3-4-17)19(12-26(24)41-28(27)18-5-7-21(31)8-6-18)14-33(42(37)38)22-9-10-25(30(35)36)20(11-22)15-40-16-39-2/h5-13,17,35-36H,3-4,14-16H2,1-2H3,(H,32,34)(H,37,38). The highest BCUT2D eigenvalue weighted by atomic mass is 32.2. The molecule has 1 unspecified atom stereocenters. The van der Waals surface area contributed by atoms with Crippen LogP contribution in [0.15, 0.2) is 59.0 Å². The molecule has 0 saturated heterocycles. The van der Waals surface area contributed by atoms with Crippen molar-refractivity contribution in [3.8, 4) is 11.3 Å². The lowest BCUT2D eigenvalue weighted by atomic mass is 9.77. The van der Waals surface area contributed by atoms with Crippen molar-refractivity contribution < 1.29 is 41.9 Å². The van der Waals surface area contributed by atoms with Gasteiger partial charge in [-0.1, -0.05) is 6.07 Å². The molecular formula is C29H30BFN2O8S. The van der Waals surface area contributed by atoms with E-state index in [9.17, 15) is 28.0 Å². The number of amides is 1. The number of ether oxygens (including phenoxy) is 2. The molecule has 1 fully saturated rings. The average Bonchev–Trinajstić information content (AvgIpc) is 3.75. The predicted molar refractivity (Wildman–Crippen MR) is 157 cm³/mol. The van der Waals surface area contributed by atoms with Crippen LogP contribution in [0.4, 0.5) is 10.1 Å². The Balaban J connectivity index is 1.59. The van der Waals surface area contributed by atoms with Crippen molar-refractivity contribution in [1.29, 1.82) is 0 Å². The second-order valence-electron chi connectivity index (χ2n) is 9.99. The van der Waals surface area contributed by atoms with Crippen molar-refractivity contribution in [3.05, 3.63) is 82.7 Å². The van der Waals surface area contributed by atoms with Crippen LogP contribution in [0.25, 0.3) is 22.3 Å². The SMILES string of the molecule is CNC(=O)c1c(-c2ccc(F)cc2)oc2cc(CN(c3ccc(B(O)O)c(COCOC)c3)S(=O)O)c(C3CC3)cc12. The van der Waals surface area contributed by atoms with Gasteiger partial charge in [0.05, 0.1) is 24.4 Å². The Bertz CT molecular complexity index is 1620. The first-order valence-electron chi connectivity index (χ1n) is 13.2. The predicted octanol–water partition coefficient (Wildman–Crippen LogP) is 3.42. The fraction of sp³-hybridized carbons (Fsp3) is 0.276. The second kappa shape index (κ2) is 12.7. The number of carbonyl (C=O) groups is 1. The van der Waals surface area contributed by atoms with Gasteiger partial charge in [0.1, 0.15) is 24.0 Å². The smallest absolute Gasteiger partial charge is 0.455 e. The van der Waals surface area contributed by atoms with Gasteiger partial charge in [-0.2, -0.15) is 0 Å². The Hall–Kier alpha value is -3.59. The summed E-state index contributed by atoms with van der Waals surface area (Å²) in [5, 5.41) is 22.9. The Morgan fingerprint density at radius 2 is 1.88 bits per heavy atom. The number of methoxy groups -OCH3 is 1. The summed E-state index contributed by atoms with van der Waals surface area (Å²) in [5.41, 5.74) is 3.91. The van der Waals surface area contributed by atoms with Crippen LogP contribution in [0, 0.1) is 5.82 Å². The summed E-state index contributed by atoms with van der Waals surface area (Å²) in [6, 6.07) is 13.9. The third-order valence-corrected chi connectivity index (χ3v) is 7.90. The van der Waals surface area contributed by atoms with Crippen molar-refractivity contribution >= 4 is 46.4 Å². The van der Waals surface area contributed by atoms with E-state index in [1.165, 1.54) is 42.7 Å². The summed E-state index contributed by atoms with van der Waals surface area (Å²) in [6.07, 6.45) is 1.87. The van der Waals surface area contributed by atoms with Crippen LogP contribution >= 0.6 is 0 Å². The number of benzene rings is 3. The Kier molecular flexibility index (Phi) is 9.06. The molecule has 42 heavy (non-hydrogen) atoms. The van der Waals surface area contributed by atoms with E-state index in [1.54, 1.807) is 24.3 Å². The molecule has 3 aromatic carbocycles. The maximum Gasteiger partial charge on any atom is 0.488 e. The number of hydrogen-bond acceptors (Lipinski definition) is 7. The molecule has 1 aromatic heterocycles. The van der Waals surface area contributed by atoms with Crippen LogP contribution in [-0.4, -0.2) is 52.8 Å². The molecule has 4 aromatic rings. The lowest BCUT2D eigenvalue weighted by Gasteiger charge is -2.23. The zero-order chi connectivity index (χ0) is 30.0. The molecule has 1 heterocycles. The first-order valence-corrected chi connectivity index (χ1v) is 14.3. The van der Waals surface area contributed by atoms with Crippen LogP contribution in [-0.2, 0) is 33.9 Å². The Labute approximate surface area is 244 Å². The summed E-state index contributed by atoms with van der Waals surface area (Å²) in [7, 11) is 1.22. The number of anilines is 1. The number of nitrogens with zero attached hydrogens (tertiary/aromatic N) is 1. The topological polar surface area (TPSA) is 142 Å². The summed E-state index contributed by atoms with van der Waals surface area (Å²) >= 11 is -2.45. The summed E-state index contributed by atoms with van der Waals surface area (Å²) < 4.78 is 54.3. The van der Waals surface area contributed by atoms with Crippen LogP contribution in [0.1, 0.15) is 45.8 Å². The molecule has 4 N–H and O–H groups in total. The van der Waals surface area contributed by atoms with Crippen LogP contribution < -0.4 is 15.1 Å². The van der Waals surface area contributed by atoms with E-state index in [-0.39, 0.29) is 37.2 Å². The van der Waals surface area contributed by atoms with E-state index in [1.807, 2.05) is 6.07 Å². The minimum Gasteiger partial charge on any atom is -0.455 e. The highest BCUT2D eigenvalue weighted by Gasteiger charge is 2.31. The van der Waals surface area contributed by atoms with Gasteiger partial charge in [0.2, 0.25) is 0 Å². The van der Waals surface area contributed by atoms with Gasteiger partial charge in [-0.15, -0.1) is 0 Å². The monoisotopic (exact) mass is 596 g/mol. The third kappa shape index (κ3) is 6.26. The number of fused-ring (bicyclic) bond motifs is 1. The van der Waals surface area contributed by atoms with Gasteiger partial charge in [0, 0.05) is 25.1 Å². The average molecular weight is 596 g/mol. The van der Waals surface area contributed by atoms with E-state index in [0.29, 0.717) is 39.1 Å². The first kappa shape index (κ1) is 29.9. The van der Waals surface area contributed by atoms with Gasteiger partial charge in [-0.05, 0) is 89.4 Å². The summed E-state index contributed by atoms with van der Waals surface area (Å²) in [6.45, 7) is -0.0144. The zero-order valence-corrected chi connectivity index (χ0v) is 23.8. The number of hydrogen-bond donors (Lipinski definition) is 4. The van der Waals surface area contributed by atoms with Crippen LogP contribution in [0.5, 0.6) is 0 Å². The molecular weight excluding hydrogens is 566 g/mol. The summed E-state index contributed by atoms with van der Waals surface area (Å²) in [4.78, 5) is 13.0. The third-order valence-electron chi connectivity index (χ3n) is 7.18. The molecule has 1 atom stereocenters. The lowest BCUT2D eigenvalue weighted by Crippen LogP contribution is -2.34. The maximum atomic E-state index is 13.6. The lowest BCUT2D eigenvalue weighted by molar-refractivity contribution is -0.0388. The number of nitrogens with one attached hydrogen (secondary N) is 1. The molecule has 0 aliphatic heterocycles. The normalized spacial score (nSPS) is 13.8. The van der Waals surface area contributed by atoms with E-state index >= 15 is 0 Å². The molecule has 10 nitrogen and oxygen atoms in total. The minimum atomic E-state index is -2.45. The molecule has 0 spiro atoms. The fourth-order valence-electron chi connectivity index (χ4n) is 5.02. The van der Waals surface area contributed by atoms with Crippen molar-refractivity contribution in [1.82, 2.24) is 5.32 Å². The quantitative estimate of drug-likeness (QED) is 0.0844. The maximum absolute atomic E-state index is 13.6. The minimum absolute atomic E-state index is 0.0132. The molecule has 1 saturated carbocycles. The second-order valence-corrected chi connectivity index (χ2v) is 10.9. The Morgan fingerprint density at radius 1 is 1.14 bits per heavy atom. The number of carbonyl (C=O) groups excluding carboxylic acids is 1. The van der Waals surface area contributed by atoms with Crippen molar-refractivity contribution in [3.63, 3.8) is 0 Å². The molecule has 13 heteroatoms. The molecule has 0 radical (unpaired) electrons.